The van der Waals surface area contributed by atoms with Gasteiger partial charge in [-0.2, -0.15) is 0 Å². The maximum absolute atomic E-state index is 10.1. The lowest BCUT2D eigenvalue weighted by molar-refractivity contribution is 0.401. The van der Waals surface area contributed by atoms with E-state index in [9.17, 15) is 10.2 Å². The number of rotatable bonds is 3. The monoisotopic (exact) mass is 242 g/mol. The largest absolute Gasteiger partial charge is 0.504 e. The molecule has 2 nitrogen and oxygen atoms in total. The molecule has 0 amide bonds. The zero-order chi connectivity index (χ0) is 13.1. The molecule has 0 bridgehead atoms. The minimum Gasteiger partial charge on any atom is -0.504 e. The molecule has 0 spiro atoms. The highest BCUT2D eigenvalue weighted by molar-refractivity contribution is 5.76. The molecular weight excluding hydrogens is 224 g/mol. The minimum atomic E-state index is -0.0183. The van der Waals surface area contributed by atoms with Crippen LogP contribution in [0.25, 0.3) is 11.1 Å². The first kappa shape index (κ1) is 12.5. The van der Waals surface area contributed by atoms with E-state index in [0.717, 1.165) is 23.1 Å². The standard InChI is InChI=1S/C16H18O2/c1-3-11-7-5-6-8-13(11)14-10-9-12(4-2)15(17)16(14)18/h5-10,17-18H,3-4H2,1-2H3. The summed E-state index contributed by atoms with van der Waals surface area (Å²) in [5.74, 6) is -0.0174. The van der Waals surface area contributed by atoms with E-state index < -0.39 is 0 Å². The van der Waals surface area contributed by atoms with Gasteiger partial charge < -0.3 is 10.2 Å². The lowest BCUT2D eigenvalue weighted by atomic mass is 9.95. The highest BCUT2D eigenvalue weighted by Gasteiger charge is 2.13. The highest BCUT2D eigenvalue weighted by Crippen LogP contribution is 2.40. The molecule has 2 aromatic rings. The Bertz CT molecular complexity index is 559. The molecule has 0 aromatic heterocycles. The molecule has 0 radical (unpaired) electrons. The average molecular weight is 242 g/mol. The predicted molar refractivity (Wildman–Crippen MR) is 74.0 cm³/mol. The van der Waals surface area contributed by atoms with Gasteiger partial charge in [-0.25, -0.2) is 0 Å². The van der Waals surface area contributed by atoms with Crippen LogP contribution in [-0.2, 0) is 12.8 Å². The van der Waals surface area contributed by atoms with Gasteiger partial charge in [0.15, 0.2) is 11.5 Å². The molecule has 2 heteroatoms. The number of hydrogen-bond acceptors (Lipinski definition) is 2. The van der Waals surface area contributed by atoms with Crippen LogP contribution in [0.15, 0.2) is 36.4 Å². The van der Waals surface area contributed by atoms with Crippen LogP contribution in [0.3, 0.4) is 0 Å². The van der Waals surface area contributed by atoms with Crippen molar-refractivity contribution >= 4 is 0 Å². The van der Waals surface area contributed by atoms with Gasteiger partial charge in [-0.05, 0) is 29.5 Å². The number of phenols is 2. The SMILES string of the molecule is CCc1ccccc1-c1ccc(CC)c(O)c1O. The Morgan fingerprint density at radius 1 is 0.722 bits per heavy atom. The Morgan fingerprint density at radius 2 is 1.39 bits per heavy atom. The summed E-state index contributed by atoms with van der Waals surface area (Å²) in [5, 5.41) is 20.1. The van der Waals surface area contributed by atoms with E-state index in [1.165, 1.54) is 0 Å². The van der Waals surface area contributed by atoms with Crippen LogP contribution in [0.4, 0.5) is 0 Å². The number of benzene rings is 2. The first-order valence-electron chi connectivity index (χ1n) is 6.31. The van der Waals surface area contributed by atoms with Gasteiger partial charge in [0.2, 0.25) is 0 Å². The molecule has 94 valence electrons. The van der Waals surface area contributed by atoms with E-state index in [1.807, 2.05) is 43.3 Å². The summed E-state index contributed by atoms with van der Waals surface area (Å²) in [5.41, 5.74) is 3.61. The first-order valence-corrected chi connectivity index (χ1v) is 6.31. The van der Waals surface area contributed by atoms with E-state index in [1.54, 1.807) is 0 Å². The summed E-state index contributed by atoms with van der Waals surface area (Å²) in [6.45, 7) is 4.03. The Balaban J connectivity index is 2.61. The van der Waals surface area contributed by atoms with Crippen molar-refractivity contribution in [2.75, 3.05) is 0 Å². The lowest BCUT2D eigenvalue weighted by Crippen LogP contribution is -1.90. The summed E-state index contributed by atoms with van der Waals surface area (Å²) < 4.78 is 0. The highest BCUT2D eigenvalue weighted by atomic mass is 16.3. The van der Waals surface area contributed by atoms with Crippen molar-refractivity contribution in [2.24, 2.45) is 0 Å². The fourth-order valence-electron chi connectivity index (χ4n) is 2.22. The summed E-state index contributed by atoms with van der Waals surface area (Å²) in [7, 11) is 0. The third-order valence-electron chi connectivity index (χ3n) is 3.30. The summed E-state index contributed by atoms with van der Waals surface area (Å²) in [4.78, 5) is 0. The van der Waals surface area contributed by atoms with Crippen molar-refractivity contribution in [3.63, 3.8) is 0 Å². The zero-order valence-electron chi connectivity index (χ0n) is 10.8. The van der Waals surface area contributed by atoms with Crippen LogP contribution < -0.4 is 0 Å². The maximum Gasteiger partial charge on any atom is 0.165 e. The molecule has 0 saturated carbocycles. The molecule has 18 heavy (non-hydrogen) atoms. The van der Waals surface area contributed by atoms with Crippen molar-refractivity contribution in [1.29, 1.82) is 0 Å². The Hall–Kier alpha value is -1.96. The Kier molecular flexibility index (Phi) is 3.56. The van der Waals surface area contributed by atoms with Gasteiger partial charge >= 0.3 is 0 Å². The van der Waals surface area contributed by atoms with Gasteiger partial charge in [0.1, 0.15) is 0 Å². The van der Waals surface area contributed by atoms with Crippen LogP contribution in [0.2, 0.25) is 0 Å². The number of aryl methyl sites for hydroxylation is 2. The summed E-state index contributed by atoms with van der Waals surface area (Å²) in [6.07, 6.45) is 1.60. The van der Waals surface area contributed by atoms with E-state index in [0.29, 0.717) is 12.0 Å². The van der Waals surface area contributed by atoms with Crippen molar-refractivity contribution in [3.8, 4) is 22.6 Å². The number of hydrogen-bond donors (Lipinski definition) is 2. The number of aromatic hydroxyl groups is 2. The lowest BCUT2D eigenvalue weighted by Gasteiger charge is -2.12. The zero-order valence-corrected chi connectivity index (χ0v) is 10.8. The average Bonchev–Trinajstić information content (AvgIpc) is 2.42. The molecule has 0 aliphatic rings. The fourth-order valence-corrected chi connectivity index (χ4v) is 2.22. The van der Waals surface area contributed by atoms with Gasteiger partial charge in [0.05, 0.1) is 0 Å². The fraction of sp³-hybridized carbons (Fsp3) is 0.250. The van der Waals surface area contributed by atoms with Gasteiger partial charge in [-0.3, -0.25) is 0 Å². The van der Waals surface area contributed by atoms with E-state index in [-0.39, 0.29) is 11.5 Å². The molecule has 0 fully saturated rings. The van der Waals surface area contributed by atoms with E-state index >= 15 is 0 Å². The van der Waals surface area contributed by atoms with Crippen molar-refractivity contribution in [1.82, 2.24) is 0 Å². The van der Waals surface area contributed by atoms with Gasteiger partial charge in [0, 0.05) is 5.56 Å². The third kappa shape index (κ3) is 2.06. The predicted octanol–water partition coefficient (Wildman–Crippen LogP) is 3.89. The first-order chi connectivity index (χ1) is 8.69. The van der Waals surface area contributed by atoms with Crippen LogP contribution in [0, 0.1) is 0 Å². The van der Waals surface area contributed by atoms with Crippen molar-refractivity contribution in [2.45, 2.75) is 26.7 Å². The van der Waals surface area contributed by atoms with E-state index in [4.69, 9.17) is 0 Å². The second-order valence-electron chi connectivity index (χ2n) is 4.33. The molecule has 0 unspecified atom stereocenters. The van der Waals surface area contributed by atoms with Crippen LogP contribution >= 0.6 is 0 Å². The Labute approximate surface area is 108 Å². The molecule has 0 atom stereocenters. The van der Waals surface area contributed by atoms with Crippen LogP contribution in [0.1, 0.15) is 25.0 Å². The molecule has 0 heterocycles. The summed E-state index contributed by atoms with van der Waals surface area (Å²) in [6, 6.07) is 11.7. The molecule has 0 aliphatic heterocycles. The van der Waals surface area contributed by atoms with Gasteiger partial charge in [-0.1, -0.05) is 50.2 Å². The van der Waals surface area contributed by atoms with Crippen LogP contribution in [-0.4, -0.2) is 10.2 Å². The second kappa shape index (κ2) is 5.13. The van der Waals surface area contributed by atoms with Gasteiger partial charge in [0.25, 0.3) is 0 Å². The minimum absolute atomic E-state index is 0.000839. The molecule has 0 saturated heterocycles. The van der Waals surface area contributed by atoms with Crippen molar-refractivity contribution < 1.29 is 10.2 Å². The van der Waals surface area contributed by atoms with Crippen molar-refractivity contribution in [3.05, 3.63) is 47.5 Å². The topological polar surface area (TPSA) is 40.5 Å². The molecular formula is C16H18O2. The van der Waals surface area contributed by atoms with E-state index in [2.05, 4.69) is 6.92 Å². The molecule has 2 aromatic carbocycles. The molecule has 2 N–H and O–H groups in total. The van der Waals surface area contributed by atoms with Crippen LogP contribution in [0.5, 0.6) is 11.5 Å². The third-order valence-corrected chi connectivity index (χ3v) is 3.30. The maximum atomic E-state index is 10.1. The quantitative estimate of drug-likeness (QED) is 0.802. The van der Waals surface area contributed by atoms with Gasteiger partial charge in [-0.15, -0.1) is 0 Å². The number of phenolic OH excluding ortho intramolecular Hbond substituents is 2. The summed E-state index contributed by atoms with van der Waals surface area (Å²) >= 11 is 0. The second-order valence-corrected chi connectivity index (χ2v) is 4.33. The molecule has 0 aliphatic carbocycles. The molecule has 2 rings (SSSR count). The smallest absolute Gasteiger partial charge is 0.165 e. The normalized spacial score (nSPS) is 10.6. The Morgan fingerprint density at radius 3 is 2.06 bits per heavy atom.